The lowest BCUT2D eigenvalue weighted by atomic mass is 9.74. The summed E-state index contributed by atoms with van der Waals surface area (Å²) in [7, 11) is 0. The van der Waals surface area contributed by atoms with Crippen molar-refractivity contribution in [3.05, 3.63) is 16.1 Å². The minimum Gasteiger partial charge on any atom is -0.356 e. The molecule has 1 fully saturated rings. The maximum absolute atomic E-state index is 4.41. The summed E-state index contributed by atoms with van der Waals surface area (Å²) in [6.45, 7) is 6.92. The Balaban J connectivity index is 2.07. The maximum atomic E-state index is 4.41. The molecule has 0 atom stereocenters. The molecule has 0 bridgehead atoms. The average molecular weight is 345 g/mol. The first-order valence-electron chi connectivity index (χ1n) is 6.41. The molecule has 0 unspecified atom stereocenters. The van der Waals surface area contributed by atoms with Gasteiger partial charge >= 0.3 is 0 Å². The molecule has 2 heterocycles. The molecule has 1 aliphatic rings. The van der Waals surface area contributed by atoms with E-state index in [9.17, 15) is 0 Å². The van der Waals surface area contributed by atoms with Gasteiger partial charge in [-0.2, -0.15) is 0 Å². The van der Waals surface area contributed by atoms with Gasteiger partial charge in [0.1, 0.15) is 12.1 Å². The van der Waals surface area contributed by atoms with Crippen LogP contribution in [-0.2, 0) is 0 Å². The highest BCUT2D eigenvalue weighted by Crippen LogP contribution is 2.39. The summed E-state index contributed by atoms with van der Waals surface area (Å²) in [6.07, 6.45) is 8.74. The van der Waals surface area contributed by atoms with Crippen LogP contribution in [0.3, 0.4) is 0 Å². The molecule has 1 aliphatic heterocycles. The Morgan fingerprint density at radius 1 is 1.29 bits per heavy atom. The molecule has 4 heteroatoms. The fraction of sp³-hybridized carbons (Fsp3) is 0.692. The SMILES string of the molecule is CCC1(CC)CCN(c2ncncc2I)CC1. The Hall–Kier alpha value is -0.390. The van der Waals surface area contributed by atoms with Gasteiger partial charge in [-0.1, -0.05) is 26.7 Å². The predicted octanol–water partition coefficient (Wildman–Crippen LogP) is 3.49. The van der Waals surface area contributed by atoms with Gasteiger partial charge in [-0.3, -0.25) is 0 Å². The average Bonchev–Trinajstić information content (AvgIpc) is 2.40. The fourth-order valence-electron chi connectivity index (χ4n) is 2.69. The maximum Gasteiger partial charge on any atom is 0.145 e. The van der Waals surface area contributed by atoms with Crippen molar-refractivity contribution in [2.75, 3.05) is 18.0 Å². The van der Waals surface area contributed by atoms with Crippen LogP contribution >= 0.6 is 22.6 Å². The normalized spacial score (nSPS) is 19.4. The minimum absolute atomic E-state index is 0.578. The molecule has 0 spiro atoms. The fourth-order valence-corrected chi connectivity index (χ4v) is 3.33. The van der Waals surface area contributed by atoms with E-state index in [1.54, 1.807) is 6.33 Å². The summed E-state index contributed by atoms with van der Waals surface area (Å²) in [5.74, 6) is 1.11. The molecule has 0 N–H and O–H groups in total. The van der Waals surface area contributed by atoms with Gasteiger partial charge in [-0.25, -0.2) is 9.97 Å². The standard InChI is InChI=1S/C13H20IN3/c1-3-13(4-2)5-7-17(8-6-13)12-11(14)9-15-10-16-12/h9-10H,3-8H2,1-2H3. The number of nitrogens with zero attached hydrogens (tertiary/aromatic N) is 3. The molecule has 0 aromatic carbocycles. The number of anilines is 1. The monoisotopic (exact) mass is 345 g/mol. The van der Waals surface area contributed by atoms with Gasteiger partial charge in [-0.05, 0) is 40.8 Å². The number of rotatable bonds is 3. The molecular formula is C13H20IN3. The van der Waals surface area contributed by atoms with Gasteiger partial charge in [0, 0.05) is 19.3 Å². The molecular weight excluding hydrogens is 325 g/mol. The van der Waals surface area contributed by atoms with Crippen LogP contribution in [-0.4, -0.2) is 23.1 Å². The Morgan fingerprint density at radius 2 is 1.94 bits per heavy atom. The quantitative estimate of drug-likeness (QED) is 0.786. The number of halogens is 1. The van der Waals surface area contributed by atoms with Crippen LogP contribution in [0.5, 0.6) is 0 Å². The Labute approximate surface area is 117 Å². The summed E-state index contributed by atoms with van der Waals surface area (Å²) >= 11 is 2.32. The lowest BCUT2D eigenvalue weighted by molar-refractivity contribution is 0.199. The molecule has 3 nitrogen and oxygen atoms in total. The van der Waals surface area contributed by atoms with E-state index >= 15 is 0 Å². The summed E-state index contributed by atoms with van der Waals surface area (Å²) in [5.41, 5.74) is 0.578. The second kappa shape index (κ2) is 5.50. The molecule has 0 amide bonds. The van der Waals surface area contributed by atoms with Gasteiger partial charge in [0.05, 0.1) is 3.57 Å². The lowest BCUT2D eigenvalue weighted by Crippen LogP contribution is -2.40. The second-order valence-electron chi connectivity index (χ2n) is 4.89. The predicted molar refractivity (Wildman–Crippen MR) is 79.2 cm³/mol. The van der Waals surface area contributed by atoms with E-state index in [2.05, 4.69) is 51.3 Å². The van der Waals surface area contributed by atoms with Crippen LogP contribution < -0.4 is 4.90 Å². The van der Waals surface area contributed by atoms with Crippen molar-refractivity contribution in [2.45, 2.75) is 39.5 Å². The first kappa shape index (κ1) is 13.1. The minimum atomic E-state index is 0.578. The van der Waals surface area contributed by atoms with Gasteiger partial charge in [0.15, 0.2) is 0 Å². The highest BCUT2D eigenvalue weighted by Gasteiger charge is 2.31. The zero-order valence-corrected chi connectivity index (χ0v) is 12.8. The molecule has 17 heavy (non-hydrogen) atoms. The van der Waals surface area contributed by atoms with Crippen LogP contribution in [0.4, 0.5) is 5.82 Å². The van der Waals surface area contributed by atoms with E-state index < -0.39 is 0 Å². The van der Waals surface area contributed by atoms with E-state index in [1.807, 2.05) is 6.20 Å². The van der Waals surface area contributed by atoms with Crippen molar-refractivity contribution in [3.63, 3.8) is 0 Å². The van der Waals surface area contributed by atoms with Crippen molar-refractivity contribution in [3.8, 4) is 0 Å². The summed E-state index contributed by atoms with van der Waals surface area (Å²) in [6, 6.07) is 0. The molecule has 0 saturated carbocycles. The lowest BCUT2D eigenvalue weighted by Gasteiger charge is -2.41. The summed E-state index contributed by atoms with van der Waals surface area (Å²) in [4.78, 5) is 10.9. The van der Waals surface area contributed by atoms with Crippen molar-refractivity contribution in [2.24, 2.45) is 5.41 Å². The molecule has 1 aromatic heterocycles. The first-order chi connectivity index (χ1) is 8.21. The van der Waals surface area contributed by atoms with Crippen LogP contribution in [0.1, 0.15) is 39.5 Å². The third kappa shape index (κ3) is 2.72. The number of piperidine rings is 1. The Kier molecular flexibility index (Phi) is 4.22. The van der Waals surface area contributed by atoms with Crippen LogP contribution in [0.2, 0.25) is 0 Å². The van der Waals surface area contributed by atoms with E-state index in [4.69, 9.17) is 0 Å². The van der Waals surface area contributed by atoms with Gasteiger partial charge in [0.2, 0.25) is 0 Å². The first-order valence-corrected chi connectivity index (χ1v) is 7.49. The van der Waals surface area contributed by atoms with Crippen molar-refractivity contribution >= 4 is 28.4 Å². The summed E-state index contributed by atoms with van der Waals surface area (Å²) in [5, 5.41) is 0. The van der Waals surface area contributed by atoms with E-state index in [0.717, 1.165) is 22.5 Å². The molecule has 1 saturated heterocycles. The smallest absolute Gasteiger partial charge is 0.145 e. The van der Waals surface area contributed by atoms with Crippen LogP contribution in [0, 0.1) is 8.99 Å². The zero-order chi connectivity index (χ0) is 12.3. The third-order valence-electron chi connectivity index (χ3n) is 4.27. The van der Waals surface area contributed by atoms with E-state index in [-0.39, 0.29) is 0 Å². The molecule has 0 aliphatic carbocycles. The Bertz CT molecular complexity index is 367. The van der Waals surface area contributed by atoms with Crippen molar-refractivity contribution in [1.29, 1.82) is 0 Å². The highest BCUT2D eigenvalue weighted by molar-refractivity contribution is 14.1. The van der Waals surface area contributed by atoms with Crippen LogP contribution in [0.15, 0.2) is 12.5 Å². The van der Waals surface area contributed by atoms with Crippen LogP contribution in [0.25, 0.3) is 0 Å². The summed E-state index contributed by atoms with van der Waals surface area (Å²) < 4.78 is 1.16. The zero-order valence-electron chi connectivity index (χ0n) is 10.6. The van der Waals surface area contributed by atoms with Crippen molar-refractivity contribution in [1.82, 2.24) is 9.97 Å². The topological polar surface area (TPSA) is 29.0 Å². The van der Waals surface area contributed by atoms with Gasteiger partial charge in [0.25, 0.3) is 0 Å². The number of hydrogen-bond donors (Lipinski definition) is 0. The van der Waals surface area contributed by atoms with E-state index in [1.165, 1.54) is 25.7 Å². The molecule has 1 aromatic rings. The largest absolute Gasteiger partial charge is 0.356 e. The van der Waals surface area contributed by atoms with Gasteiger partial charge < -0.3 is 4.90 Å². The number of aromatic nitrogens is 2. The highest BCUT2D eigenvalue weighted by atomic mass is 127. The molecule has 0 radical (unpaired) electrons. The third-order valence-corrected chi connectivity index (χ3v) is 5.03. The number of hydrogen-bond acceptors (Lipinski definition) is 3. The van der Waals surface area contributed by atoms with E-state index in [0.29, 0.717) is 5.41 Å². The molecule has 94 valence electrons. The molecule has 2 rings (SSSR count). The Morgan fingerprint density at radius 3 is 2.47 bits per heavy atom. The second-order valence-corrected chi connectivity index (χ2v) is 6.05. The van der Waals surface area contributed by atoms with Crippen molar-refractivity contribution < 1.29 is 0 Å². The van der Waals surface area contributed by atoms with Gasteiger partial charge in [-0.15, -0.1) is 0 Å².